The summed E-state index contributed by atoms with van der Waals surface area (Å²) in [5, 5.41) is 0. The first-order valence-corrected chi connectivity index (χ1v) is 12.5. The molecular formula is C29H35NO3. The Kier molecular flexibility index (Phi) is 6.03. The third-order valence-corrected chi connectivity index (χ3v) is 8.18. The lowest BCUT2D eigenvalue weighted by Crippen LogP contribution is -2.50. The van der Waals surface area contributed by atoms with Gasteiger partial charge < -0.3 is 9.47 Å². The van der Waals surface area contributed by atoms with E-state index in [0.29, 0.717) is 35.1 Å². The topological polar surface area (TPSA) is 47.9 Å². The number of rotatable bonds is 7. The Balaban J connectivity index is 1.31. The first-order valence-electron chi connectivity index (χ1n) is 12.5. The Morgan fingerprint density at radius 2 is 1.67 bits per heavy atom. The number of ether oxygens (including phenoxy) is 2. The number of aryl methyl sites for hydroxylation is 1. The summed E-state index contributed by atoms with van der Waals surface area (Å²) in [6.07, 6.45) is 10.4. The molecule has 4 saturated carbocycles. The number of carbonyl (C=O) groups excluding carboxylic acids is 1. The van der Waals surface area contributed by atoms with E-state index in [1.165, 1.54) is 38.5 Å². The molecule has 6 rings (SSSR count). The van der Waals surface area contributed by atoms with Crippen LogP contribution in [0.1, 0.15) is 73.9 Å². The fraction of sp³-hybridized carbons (Fsp3) is 0.517. The number of hydrogen-bond acceptors (Lipinski definition) is 4. The zero-order chi connectivity index (χ0) is 23.0. The van der Waals surface area contributed by atoms with Crippen molar-refractivity contribution in [2.75, 3.05) is 6.61 Å². The van der Waals surface area contributed by atoms with Crippen LogP contribution in [0.3, 0.4) is 0 Å². The monoisotopic (exact) mass is 445 g/mol. The minimum absolute atomic E-state index is 0.334. The molecule has 1 unspecified atom stereocenters. The van der Waals surface area contributed by atoms with Crippen molar-refractivity contribution in [2.24, 2.45) is 28.2 Å². The van der Waals surface area contributed by atoms with Crippen LogP contribution in [0.5, 0.6) is 11.5 Å². The number of benzene rings is 2. The van der Waals surface area contributed by atoms with Gasteiger partial charge in [0.2, 0.25) is 0 Å². The molecule has 0 amide bonds. The summed E-state index contributed by atoms with van der Waals surface area (Å²) in [7, 11) is 0. The Morgan fingerprint density at radius 1 is 1.03 bits per heavy atom. The first kappa shape index (κ1) is 22.2. The third-order valence-electron chi connectivity index (χ3n) is 8.18. The van der Waals surface area contributed by atoms with Gasteiger partial charge in [-0.15, -0.1) is 0 Å². The lowest BCUT2D eigenvalue weighted by atomic mass is 9.48. The number of nitrogens with zero attached hydrogens (tertiary/aromatic N) is 1. The molecule has 4 bridgehead atoms. The van der Waals surface area contributed by atoms with Crippen LogP contribution in [0.25, 0.3) is 0 Å². The van der Waals surface area contributed by atoms with Crippen LogP contribution < -0.4 is 9.47 Å². The lowest BCUT2D eigenvalue weighted by Gasteiger charge is -2.58. The highest BCUT2D eigenvalue weighted by molar-refractivity contribution is 5.91. The van der Waals surface area contributed by atoms with Gasteiger partial charge in [-0.05, 0) is 118 Å². The van der Waals surface area contributed by atoms with E-state index in [1.807, 2.05) is 50.4 Å². The van der Waals surface area contributed by atoms with Gasteiger partial charge in [0.25, 0.3) is 0 Å². The van der Waals surface area contributed by atoms with Gasteiger partial charge in [0.05, 0.1) is 18.2 Å². The second-order valence-electron chi connectivity index (χ2n) is 10.6. The maximum absolute atomic E-state index is 12.6. The van der Waals surface area contributed by atoms with Gasteiger partial charge in [0, 0.05) is 6.21 Å². The molecule has 0 radical (unpaired) electrons. The van der Waals surface area contributed by atoms with Crippen molar-refractivity contribution < 1.29 is 14.3 Å². The molecule has 4 nitrogen and oxygen atoms in total. The highest BCUT2D eigenvalue weighted by atomic mass is 16.6. The van der Waals surface area contributed by atoms with E-state index >= 15 is 0 Å². The average Bonchev–Trinajstić information content (AvgIpc) is 2.78. The van der Waals surface area contributed by atoms with Gasteiger partial charge >= 0.3 is 5.97 Å². The normalized spacial score (nSPS) is 28.8. The van der Waals surface area contributed by atoms with Crippen LogP contribution >= 0.6 is 0 Å². The van der Waals surface area contributed by atoms with Gasteiger partial charge in [-0.3, -0.25) is 4.99 Å². The average molecular weight is 446 g/mol. The maximum atomic E-state index is 12.6. The van der Waals surface area contributed by atoms with Crippen LogP contribution in [0.2, 0.25) is 0 Å². The summed E-state index contributed by atoms with van der Waals surface area (Å²) >= 11 is 0. The molecule has 2 aromatic carbocycles. The van der Waals surface area contributed by atoms with E-state index in [4.69, 9.17) is 14.5 Å². The van der Waals surface area contributed by atoms with E-state index in [0.717, 1.165) is 28.9 Å². The van der Waals surface area contributed by atoms with E-state index in [-0.39, 0.29) is 5.97 Å². The van der Waals surface area contributed by atoms with Crippen molar-refractivity contribution in [1.82, 2.24) is 0 Å². The maximum Gasteiger partial charge on any atom is 0.343 e. The SMILES string of the molecule is CCOc1cc(C=NC(C)C23CC4CC(CC(C4)C2)C3)ccc1OC(=O)c1ccc(C)cc1. The second-order valence-corrected chi connectivity index (χ2v) is 10.6. The number of aliphatic imine (C=N–C) groups is 1. The standard InChI is InChI=1S/C29H35NO3/c1-4-32-27-14-21(7-10-26(27)33-28(31)25-8-5-19(2)6-9-25)18-30-20(3)29-15-22-11-23(16-29)13-24(12-22)17-29/h5-10,14,18,20,22-24H,4,11-13,15-17H2,1-3H3. The van der Waals surface area contributed by atoms with Crippen LogP contribution in [0.4, 0.5) is 0 Å². The number of esters is 1. The molecule has 4 aliphatic rings. The molecule has 4 fully saturated rings. The Hall–Kier alpha value is -2.62. The minimum Gasteiger partial charge on any atom is -0.490 e. The van der Waals surface area contributed by atoms with Gasteiger partial charge in [0.1, 0.15) is 0 Å². The van der Waals surface area contributed by atoms with Crippen LogP contribution in [0.15, 0.2) is 47.5 Å². The molecule has 0 aliphatic heterocycles. The fourth-order valence-corrected chi connectivity index (χ4v) is 6.85. The molecule has 2 aromatic rings. The summed E-state index contributed by atoms with van der Waals surface area (Å²) in [6.45, 7) is 6.73. The Morgan fingerprint density at radius 3 is 2.27 bits per heavy atom. The summed E-state index contributed by atoms with van der Waals surface area (Å²) < 4.78 is 11.5. The molecule has 0 saturated heterocycles. The molecule has 174 valence electrons. The summed E-state index contributed by atoms with van der Waals surface area (Å²) in [5.41, 5.74) is 3.01. The van der Waals surface area contributed by atoms with Crippen molar-refractivity contribution in [1.29, 1.82) is 0 Å². The number of carbonyl (C=O) groups is 1. The summed E-state index contributed by atoms with van der Waals surface area (Å²) in [6, 6.07) is 13.4. The van der Waals surface area contributed by atoms with E-state index in [1.54, 1.807) is 12.1 Å². The Labute approximate surface area is 197 Å². The summed E-state index contributed by atoms with van der Waals surface area (Å²) in [5.74, 6) is 3.42. The van der Waals surface area contributed by atoms with Crippen LogP contribution in [0, 0.1) is 30.1 Å². The quantitative estimate of drug-likeness (QED) is 0.273. The van der Waals surface area contributed by atoms with Crippen molar-refractivity contribution in [3.8, 4) is 11.5 Å². The van der Waals surface area contributed by atoms with Gasteiger partial charge in [0.15, 0.2) is 11.5 Å². The minimum atomic E-state index is -0.382. The van der Waals surface area contributed by atoms with Crippen molar-refractivity contribution >= 4 is 12.2 Å². The second kappa shape index (κ2) is 8.96. The smallest absolute Gasteiger partial charge is 0.343 e. The predicted molar refractivity (Wildman–Crippen MR) is 131 cm³/mol. The highest BCUT2D eigenvalue weighted by Gasteiger charge is 2.53. The van der Waals surface area contributed by atoms with Crippen molar-refractivity contribution in [3.63, 3.8) is 0 Å². The fourth-order valence-electron chi connectivity index (χ4n) is 6.85. The van der Waals surface area contributed by atoms with E-state index in [2.05, 4.69) is 6.92 Å². The molecule has 1 atom stereocenters. The first-order chi connectivity index (χ1) is 15.9. The van der Waals surface area contributed by atoms with E-state index < -0.39 is 0 Å². The van der Waals surface area contributed by atoms with Gasteiger partial charge in [-0.25, -0.2) is 4.79 Å². The van der Waals surface area contributed by atoms with Gasteiger partial charge in [-0.1, -0.05) is 17.7 Å². The zero-order valence-corrected chi connectivity index (χ0v) is 20.0. The molecule has 4 aliphatic carbocycles. The van der Waals surface area contributed by atoms with Crippen LogP contribution in [-0.2, 0) is 0 Å². The highest BCUT2D eigenvalue weighted by Crippen LogP contribution is 2.61. The van der Waals surface area contributed by atoms with Crippen molar-refractivity contribution in [3.05, 3.63) is 59.2 Å². The predicted octanol–water partition coefficient (Wildman–Crippen LogP) is 6.64. The van der Waals surface area contributed by atoms with Crippen molar-refractivity contribution in [2.45, 2.75) is 65.3 Å². The molecule has 0 heterocycles. The molecule has 33 heavy (non-hydrogen) atoms. The number of hydrogen-bond donors (Lipinski definition) is 0. The van der Waals surface area contributed by atoms with Crippen LogP contribution in [-0.4, -0.2) is 24.8 Å². The van der Waals surface area contributed by atoms with Gasteiger partial charge in [-0.2, -0.15) is 0 Å². The molecule has 0 N–H and O–H groups in total. The molecule has 4 heteroatoms. The molecular weight excluding hydrogens is 410 g/mol. The van der Waals surface area contributed by atoms with E-state index in [9.17, 15) is 4.79 Å². The summed E-state index contributed by atoms with van der Waals surface area (Å²) in [4.78, 5) is 17.6. The molecule has 0 spiro atoms. The largest absolute Gasteiger partial charge is 0.490 e. The zero-order valence-electron chi connectivity index (χ0n) is 20.0. The lowest BCUT2D eigenvalue weighted by molar-refractivity contribution is -0.0632. The molecule has 0 aromatic heterocycles. The third kappa shape index (κ3) is 4.58. The Bertz CT molecular complexity index is 1000.